The van der Waals surface area contributed by atoms with Crippen molar-refractivity contribution in [2.45, 2.75) is 37.5 Å². The highest BCUT2D eigenvalue weighted by Crippen LogP contribution is 2.40. The van der Waals surface area contributed by atoms with Gasteiger partial charge in [0.1, 0.15) is 5.75 Å². The van der Waals surface area contributed by atoms with Crippen LogP contribution in [-0.4, -0.2) is 20.7 Å². The number of hydrogen-bond acceptors (Lipinski definition) is 3. The Labute approximate surface area is 149 Å². The molecule has 1 N–H and O–H groups in total. The minimum absolute atomic E-state index is 0. The molecule has 0 saturated carbocycles. The van der Waals surface area contributed by atoms with Gasteiger partial charge in [-0.05, 0) is 73.4 Å². The molecule has 2 unspecified atom stereocenters. The maximum Gasteiger partial charge on any atom is 0.119 e. The van der Waals surface area contributed by atoms with Crippen LogP contribution in [0, 0.1) is 0 Å². The molecule has 0 aliphatic heterocycles. The van der Waals surface area contributed by atoms with E-state index in [4.69, 9.17) is 4.74 Å². The van der Waals surface area contributed by atoms with Crippen molar-refractivity contribution in [2.24, 2.45) is 0 Å². The van der Waals surface area contributed by atoms with Crippen molar-refractivity contribution in [1.29, 1.82) is 0 Å². The highest BCUT2D eigenvalue weighted by molar-refractivity contribution is 7.10. The predicted molar refractivity (Wildman–Crippen MR) is 102 cm³/mol. The lowest BCUT2D eigenvalue weighted by molar-refractivity contribution is 0.410. The Morgan fingerprint density at radius 3 is 2.91 bits per heavy atom. The molecule has 1 heterocycles. The van der Waals surface area contributed by atoms with Crippen LogP contribution < -0.4 is 10.1 Å². The topological polar surface area (TPSA) is 21.3 Å². The maximum absolute atomic E-state index is 5.44. The Hall–Kier alpha value is -1.03. The summed E-state index contributed by atoms with van der Waals surface area (Å²) in [6.07, 6.45) is 5.04. The Balaban J connectivity index is 0.00000192. The second-order valence-corrected chi connectivity index (χ2v) is 7.14. The van der Waals surface area contributed by atoms with Gasteiger partial charge in [-0.25, -0.2) is 0 Å². The molecule has 0 spiro atoms. The molecule has 2 aromatic rings. The van der Waals surface area contributed by atoms with Crippen molar-refractivity contribution in [3.63, 3.8) is 0 Å². The van der Waals surface area contributed by atoms with Crippen molar-refractivity contribution >= 4 is 23.7 Å². The molecule has 126 valence electrons. The lowest BCUT2D eigenvalue weighted by Crippen LogP contribution is -2.20. The number of fused-ring (bicyclic) bond motifs is 1. The van der Waals surface area contributed by atoms with Crippen LogP contribution in [-0.2, 0) is 6.42 Å². The largest absolute Gasteiger partial charge is 0.497 e. The molecule has 1 aromatic carbocycles. The lowest BCUT2D eigenvalue weighted by atomic mass is 9.78. The van der Waals surface area contributed by atoms with E-state index in [0.29, 0.717) is 11.8 Å². The van der Waals surface area contributed by atoms with E-state index in [1.807, 2.05) is 11.3 Å². The fraction of sp³-hybridized carbons (Fsp3) is 0.474. The lowest BCUT2D eigenvalue weighted by Gasteiger charge is -2.29. The van der Waals surface area contributed by atoms with Gasteiger partial charge in [0.25, 0.3) is 0 Å². The number of benzene rings is 1. The summed E-state index contributed by atoms with van der Waals surface area (Å²) in [7, 11) is 3.81. The standard InChI is InChI=1S/C19H25NOS.ClH/c1-20-13-16(19-7-4-10-22-19)11-15-6-3-5-14-8-9-17(21-2)12-18(14)15;/h4,7-10,12,15-16,20H,3,5-6,11,13H2,1-2H3;1H. The number of methoxy groups -OCH3 is 1. The third kappa shape index (κ3) is 4.28. The van der Waals surface area contributed by atoms with Gasteiger partial charge in [0, 0.05) is 17.3 Å². The molecule has 0 amide bonds. The fourth-order valence-electron chi connectivity index (χ4n) is 3.66. The van der Waals surface area contributed by atoms with Crippen LogP contribution in [0.1, 0.15) is 47.1 Å². The number of thiophene rings is 1. The summed E-state index contributed by atoms with van der Waals surface area (Å²) in [4.78, 5) is 1.50. The zero-order valence-corrected chi connectivity index (χ0v) is 15.5. The van der Waals surface area contributed by atoms with Gasteiger partial charge < -0.3 is 10.1 Å². The minimum Gasteiger partial charge on any atom is -0.497 e. The molecule has 23 heavy (non-hydrogen) atoms. The van der Waals surface area contributed by atoms with Crippen LogP contribution in [0.4, 0.5) is 0 Å². The minimum atomic E-state index is 0. The molecular weight excluding hydrogens is 326 g/mol. The second-order valence-electron chi connectivity index (χ2n) is 6.16. The number of hydrogen-bond donors (Lipinski definition) is 1. The zero-order valence-electron chi connectivity index (χ0n) is 13.9. The van der Waals surface area contributed by atoms with Gasteiger partial charge in [0.15, 0.2) is 0 Å². The smallest absolute Gasteiger partial charge is 0.119 e. The average Bonchev–Trinajstić information content (AvgIpc) is 3.08. The van der Waals surface area contributed by atoms with E-state index in [9.17, 15) is 0 Å². The monoisotopic (exact) mass is 351 g/mol. The zero-order chi connectivity index (χ0) is 15.4. The second kappa shape index (κ2) is 8.72. The van der Waals surface area contributed by atoms with Crippen LogP contribution in [0.5, 0.6) is 5.75 Å². The molecule has 2 nitrogen and oxygen atoms in total. The third-order valence-electron chi connectivity index (χ3n) is 4.76. The normalized spacial score (nSPS) is 17.9. The van der Waals surface area contributed by atoms with E-state index in [0.717, 1.165) is 12.3 Å². The molecule has 4 heteroatoms. The molecule has 0 bridgehead atoms. The van der Waals surface area contributed by atoms with Crippen molar-refractivity contribution in [3.8, 4) is 5.75 Å². The number of nitrogens with one attached hydrogen (secondary N) is 1. The van der Waals surface area contributed by atoms with Crippen molar-refractivity contribution in [1.82, 2.24) is 5.32 Å². The number of rotatable bonds is 6. The van der Waals surface area contributed by atoms with Crippen LogP contribution >= 0.6 is 23.7 Å². The molecule has 3 rings (SSSR count). The van der Waals surface area contributed by atoms with Crippen LogP contribution in [0.3, 0.4) is 0 Å². The fourth-order valence-corrected chi connectivity index (χ4v) is 4.50. The van der Waals surface area contributed by atoms with Gasteiger partial charge in [-0.3, -0.25) is 0 Å². The first kappa shape index (κ1) is 18.3. The third-order valence-corrected chi connectivity index (χ3v) is 5.79. The number of aryl methyl sites for hydroxylation is 1. The molecule has 1 aromatic heterocycles. The van der Waals surface area contributed by atoms with Crippen LogP contribution in [0.2, 0.25) is 0 Å². The van der Waals surface area contributed by atoms with Gasteiger partial charge in [0.05, 0.1) is 7.11 Å². The quantitative estimate of drug-likeness (QED) is 0.791. The first-order chi connectivity index (χ1) is 10.8. The van der Waals surface area contributed by atoms with Crippen molar-refractivity contribution in [2.75, 3.05) is 20.7 Å². The van der Waals surface area contributed by atoms with Gasteiger partial charge in [-0.1, -0.05) is 12.1 Å². The summed E-state index contributed by atoms with van der Waals surface area (Å²) < 4.78 is 5.44. The number of ether oxygens (including phenoxy) is 1. The van der Waals surface area contributed by atoms with E-state index >= 15 is 0 Å². The maximum atomic E-state index is 5.44. The van der Waals surface area contributed by atoms with Gasteiger partial charge in [-0.15, -0.1) is 23.7 Å². The molecule has 0 fully saturated rings. The van der Waals surface area contributed by atoms with Gasteiger partial charge in [0.2, 0.25) is 0 Å². The number of likely N-dealkylation sites (N-methyl/N-ethyl adjacent to an activating group) is 1. The summed E-state index contributed by atoms with van der Waals surface area (Å²) in [6.45, 7) is 1.05. The Morgan fingerprint density at radius 2 is 2.22 bits per heavy atom. The highest BCUT2D eigenvalue weighted by Gasteiger charge is 2.25. The molecule has 0 saturated heterocycles. The van der Waals surface area contributed by atoms with E-state index in [1.54, 1.807) is 7.11 Å². The summed E-state index contributed by atoms with van der Waals surface area (Å²) in [5.41, 5.74) is 3.04. The van der Waals surface area contributed by atoms with E-state index < -0.39 is 0 Å². The first-order valence-electron chi connectivity index (χ1n) is 8.16. The molecular formula is C19H26ClNOS. The van der Waals surface area contributed by atoms with E-state index in [1.165, 1.54) is 41.7 Å². The Bertz CT molecular complexity index is 599. The summed E-state index contributed by atoms with van der Waals surface area (Å²) >= 11 is 1.88. The Kier molecular flexibility index (Phi) is 6.94. The Morgan fingerprint density at radius 1 is 1.35 bits per heavy atom. The average molecular weight is 352 g/mol. The van der Waals surface area contributed by atoms with Gasteiger partial charge in [-0.2, -0.15) is 0 Å². The van der Waals surface area contributed by atoms with Crippen LogP contribution in [0.25, 0.3) is 0 Å². The number of halogens is 1. The first-order valence-corrected chi connectivity index (χ1v) is 9.04. The highest BCUT2D eigenvalue weighted by atomic mass is 35.5. The predicted octanol–water partition coefficient (Wildman–Crippen LogP) is 4.99. The summed E-state index contributed by atoms with van der Waals surface area (Å²) in [5, 5.41) is 5.56. The van der Waals surface area contributed by atoms with E-state index in [-0.39, 0.29) is 12.4 Å². The molecule has 2 atom stereocenters. The van der Waals surface area contributed by atoms with Crippen molar-refractivity contribution < 1.29 is 4.74 Å². The van der Waals surface area contributed by atoms with Gasteiger partial charge >= 0.3 is 0 Å². The molecule has 1 aliphatic rings. The van der Waals surface area contributed by atoms with E-state index in [2.05, 4.69) is 48.1 Å². The molecule has 1 aliphatic carbocycles. The summed E-state index contributed by atoms with van der Waals surface area (Å²) in [5.74, 6) is 2.25. The summed E-state index contributed by atoms with van der Waals surface area (Å²) in [6, 6.07) is 11.1. The van der Waals surface area contributed by atoms with Crippen LogP contribution in [0.15, 0.2) is 35.7 Å². The SMILES string of the molecule is CNCC(CC1CCCc2ccc(OC)cc21)c1cccs1.Cl. The van der Waals surface area contributed by atoms with Crippen molar-refractivity contribution in [3.05, 3.63) is 51.7 Å². The molecule has 0 radical (unpaired) electrons.